The molecule has 2 heterocycles. The fourth-order valence-corrected chi connectivity index (χ4v) is 4.58. The third kappa shape index (κ3) is 6.14. The van der Waals surface area contributed by atoms with E-state index < -0.39 is 5.60 Å². The van der Waals surface area contributed by atoms with E-state index in [2.05, 4.69) is 15.8 Å². The van der Waals surface area contributed by atoms with Gasteiger partial charge in [0.25, 0.3) is 5.91 Å². The SMILES string of the molecule is CC1=CC(C)(COc2cc(C(=O)Nc3c(Cl)cncc3Cl)ccc2OC2CCCCCC2)ON1. The highest BCUT2D eigenvalue weighted by molar-refractivity contribution is 6.39. The second kappa shape index (κ2) is 10.8. The normalized spacial score (nSPS) is 20.8. The molecule has 0 saturated heterocycles. The summed E-state index contributed by atoms with van der Waals surface area (Å²) < 4.78 is 12.5. The molecule has 2 N–H and O–H groups in total. The second-order valence-corrected chi connectivity index (χ2v) is 9.77. The molecule has 2 aliphatic rings. The van der Waals surface area contributed by atoms with E-state index in [0.29, 0.717) is 22.7 Å². The monoisotopic (exact) mass is 505 g/mol. The van der Waals surface area contributed by atoms with Crippen molar-refractivity contribution in [3.05, 3.63) is 58.0 Å². The minimum Gasteiger partial charge on any atom is -0.487 e. The van der Waals surface area contributed by atoms with Crippen LogP contribution in [0.1, 0.15) is 62.7 Å². The van der Waals surface area contributed by atoms with Crippen molar-refractivity contribution < 1.29 is 19.1 Å². The molecule has 9 heteroatoms. The highest BCUT2D eigenvalue weighted by Crippen LogP contribution is 2.34. The Morgan fingerprint density at radius 2 is 1.88 bits per heavy atom. The second-order valence-electron chi connectivity index (χ2n) is 8.96. The molecular formula is C25H29Cl2N3O4. The summed E-state index contributed by atoms with van der Waals surface area (Å²) in [6.45, 7) is 4.09. The molecule has 1 unspecified atom stereocenters. The third-order valence-electron chi connectivity index (χ3n) is 5.87. The Balaban J connectivity index is 1.56. The summed E-state index contributed by atoms with van der Waals surface area (Å²) >= 11 is 12.3. The van der Waals surface area contributed by atoms with Crippen molar-refractivity contribution in [2.24, 2.45) is 0 Å². The van der Waals surface area contributed by atoms with E-state index in [4.69, 9.17) is 37.5 Å². The van der Waals surface area contributed by atoms with Crippen molar-refractivity contribution in [1.29, 1.82) is 0 Å². The first-order valence-corrected chi connectivity index (χ1v) is 12.3. The van der Waals surface area contributed by atoms with Crippen molar-refractivity contribution in [1.82, 2.24) is 10.5 Å². The smallest absolute Gasteiger partial charge is 0.255 e. The standard InChI is InChI=1S/C25H29Cl2N3O4/c1-16-12-25(2,34-30-16)15-32-22-11-17(24(31)29-23-19(26)13-28-14-20(23)27)9-10-21(22)33-18-7-5-3-4-6-8-18/h9-14,18,30H,3-8,15H2,1-2H3,(H,28,29,31). The average molecular weight is 506 g/mol. The van der Waals surface area contributed by atoms with Gasteiger partial charge in [-0.1, -0.05) is 36.0 Å². The fourth-order valence-electron chi connectivity index (χ4n) is 4.12. The summed E-state index contributed by atoms with van der Waals surface area (Å²) in [7, 11) is 0. The van der Waals surface area contributed by atoms with Crippen LogP contribution in [0.4, 0.5) is 5.69 Å². The van der Waals surface area contributed by atoms with Crippen LogP contribution in [0.15, 0.2) is 42.4 Å². The molecule has 0 bridgehead atoms. The van der Waals surface area contributed by atoms with Gasteiger partial charge in [-0.3, -0.25) is 20.1 Å². The van der Waals surface area contributed by atoms with Crippen LogP contribution in [0.3, 0.4) is 0 Å². The predicted octanol–water partition coefficient (Wildman–Crippen LogP) is 6.32. The number of carbonyl (C=O) groups is 1. The summed E-state index contributed by atoms with van der Waals surface area (Å²) in [4.78, 5) is 22.5. The lowest BCUT2D eigenvalue weighted by Crippen LogP contribution is -2.33. The molecule has 0 radical (unpaired) electrons. The van der Waals surface area contributed by atoms with E-state index in [1.807, 2.05) is 19.9 Å². The van der Waals surface area contributed by atoms with Gasteiger partial charge >= 0.3 is 0 Å². The highest BCUT2D eigenvalue weighted by Gasteiger charge is 2.30. The van der Waals surface area contributed by atoms with E-state index in [-0.39, 0.29) is 28.7 Å². The lowest BCUT2D eigenvalue weighted by Gasteiger charge is -2.24. The number of ether oxygens (including phenoxy) is 2. The van der Waals surface area contributed by atoms with E-state index >= 15 is 0 Å². The number of hydrogen-bond acceptors (Lipinski definition) is 6. The largest absolute Gasteiger partial charge is 0.487 e. The highest BCUT2D eigenvalue weighted by atomic mass is 35.5. The first kappa shape index (κ1) is 24.6. The Morgan fingerprint density at radius 3 is 2.53 bits per heavy atom. The van der Waals surface area contributed by atoms with Gasteiger partial charge in [-0.05, 0) is 63.8 Å². The van der Waals surface area contributed by atoms with Gasteiger partial charge in [-0.15, -0.1) is 0 Å². The number of anilines is 1. The van der Waals surface area contributed by atoms with Gasteiger partial charge in [0.1, 0.15) is 12.2 Å². The molecule has 1 fully saturated rings. The van der Waals surface area contributed by atoms with E-state index in [1.165, 1.54) is 25.2 Å². The van der Waals surface area contributed by atoms with E-state index in [1.54, 1.807) is 18.2 Å². The lowest BCUT2D eigenvalue weighted by molar-refractivity contribution is -0.0527. The number of pyridine rings is 1. The van der Waals surface area contributed by atoms with Crippen LogP contribution in [0.25, 0.3) is 0 Å². The third-order valence-corrected chi connectivity index (χ3v) is 6.45. The van der Waals surface area contributed by atoms with Crippen molar-refractivity contribution >= 4 is 34.8 Å². The van der Waals surface area contributed by atoms with Gasteiger partial charge in [0.15, 0.2) is 11.5 Å². The number of hydroxylamine groups is 1. The molecule has 1 amide bonds. The molecule has 1 aliphatic heterocycles. The van der Waals surface area contributed by atoms with Gasteiger partial charge in [-0.2, -0.15) is 0 Å². The molecule has 2 aromatic rings. The van der Waals surface area contributed by atoms with Crippen LogP contribution in [0, 0.1) is 0 Å². The number of benzene rings is 1. The Kier molecular flexibility index (Phi) is 7.86. The number of halogens is 2. The number of allylic oxidation sites excluding steroid dienone is 1. The minimum absolute atomic E-state index is 0.126. The number of amides is 1. The summed E-state index contributed by atoms with van der Waals surface area (Å²) in [5.41, 5.74) is 3.83. The van der Waals surface area contributed by atoms with Gasteiger partial charge in [0.2, 0.25) is 0 Å². The minimum atomic E-state index is -0.639. The van der Waals surface area contributed by atoms with Crippen LogP contribution in [0.5, 0.6) is 11.5 Å². The van der Waals surface area contributed by atoms with Crippen LogP contribution in [-0.4, -0.2) is 29.2 Å². The number of hydrogen-bond donors (Lipinski definition) is 2. The quantitative estimate of drug-likeness (QED) is 0.428. The first-order valence-electron chi connectivity index (χ1n) is 11.5. The van der Waals surface area contributed by atoms with Crippen LogP contribution in [0.2, 0.25) is 10.0 Å². The molecule has 1 aliphatic carbocycles. The maximum absolute atomic E-state index is 13.0. The van der Waals surface area contributed by atoms with Crippen molar-refractivity contribution in [2.45, 2.75) is 64.1 Å². The summed E-state index contributed by atoms with van der Waals surface area (Å²) in [6.07, 6.45) is 11.7. The van der Waals surface area contributed by atoms with E-state index in [0.717, 1.165) is 31.4 Å². The zero-order chi connectivity index (χ0) is 24.1. The first-order chi connectivity index (χ1) is 16.3. The van der Waals surface area contributed by atoms with Gasteiger partial charge in [-0.25, -0.2) is 0 Å². The van der Waals surface area contributed by atoms with E-state index in [9.17, 15) is 4.79 Å². The van der Waals surface area contributed by atoms with Crippen molar-refractivity contribution in [3.63, 3.8) is 0 Å². The molecule has 1 aromatic carbocycles. The molecule has 1 saturated carbocycles. The molecule has 0 spiro atoms. The number of rotatable bonds is 7. The zero-order valence-corrected chi connectivity index (χ0v) is 20.8. The summed E-state index contributed by atoms with van der Waals surface area (Å²) in [5.74, 6) is 0.715. The average Bonchev–Trinajstić information content (AvgIpc) is 2.98. The van der Waals surface area contributed by atoms with Gasteiger partial charge in [0.05, 0.1) is 21.8 Å². The zero-order valence-electron chi connectivity index (χ0n) is 19.3. The maximum atomic E-state index is 13.0. The van der Waals surface area contributed by atoms with Gasteiger partial charge < -0.3 is 14.8 Å². The molecular weight excluding hydrogens is 477 g/mol. The summed E-state index contributed by atoms with van der Waals surface area (Å²) in [6, 6.07) is 5.16. The Labute approximate surface area is 209 Å². The molecule has 182 valence electrons. The molecule has 34 heavy (non-hydrogen) atoms. The van der Waals surface area contributed by atoms with Crippen molar-refractivity contribution in [2.75, 3.05) is 11.9 Å². The fraction of sp³-hybridized carbons (Fsp3) is 0.440. The molecule has 1 aromatic heterocycles. The Bertz CT molecular complexity index is 1050. The summed E-state index contributed by atoms with van der Waals surface area (Å²) in [5, 5.41) is 3.27. The predicted molar refractivity (Wildman–Crippen MR) is 133 cm³/mol. The number of aromatic nitrogens is 1. The van der Waals surface area contributed by atoms with Crippen LogP contribution in [-0.2, 0) is 4.84 Å². The number of carbonyl (C=O) groups excluding carboxylic acids is 1. The van der Waals surface area contributed by atoms with Crippen LogP contribution >= 0.6 is 23.2 Å². The molecule has 1 atom stereocenters. The van der Waals surface area contributed by atoms with Gasteiger partial charge in [0, 0.05) is 23.7 Å². The Morgan fingerprint density at radius 1 is 1.18 bits per heavy atom. The number of nitrogens with zero attached hydrogens (tertiary/aromatic N) is 1. The molecule has 4 rings (SSSR count). The van der Waals surface area contributed by atoms with Crippen molar-refractivity contribution in [3.8, 4) is 11.5 Å². The topological polar surface area (TPSA) is 81.7 Å². The lowest BCUT2D eigenvalue weighted by atomic mass is 10.1. The maximum Gasteiger partial charge on any atom is 0.255 e. The molecule has 7 nitrogen and oxygen atoms in total. The Hall–Kier alpha value is -2.48. The van der Waals surface area contributed by atoms with Crippen LogP contribution < -0.4 is 20.3 Å². The number of nitrogens with one attached hydrogen (secondary N) is 2.